The quantitative estimate of drug-likeness (QED) is 0.729. The highest BCUT2D eigenvalue weighted by atomic mass is 19.4. The van der Waals surface area contributed by atoms with Crippen molar-refractivity contribution >= 4 is 5.78 Å². The molecule has 0 atom stereocenters. The van der Waals surface area contributed by atoms with E-state index in [0.29, 0.717) is 23.1 Å². The molecular formula is C13H11F3N6. The number of aromatic nitrogens is 6. The molecular weight excluding hydrogens is 297 g/mol. The van der Waals surface area contributed by atoms with Gasteiger partial charge >= 0.3 is 6.18 Å². The van der Waals surface area contributed by atoms with Crippen LogP contribution in [0.2, 0.25) is 0 Å². The molecule has 3 aromatic rings. The summed E-state index contributed by atoms with van der Waals surface area (Å²) in [4.78, 5) is 8.46. The van der Waals surface area contributed by atoms with Gasteiger partial charge in [-0.25, -0.2) is 4.98 Å². The highest BCUT2D eigenvalue weighted by molar-refractivity contribution is 5.59. The van der Waals surface area contributed by atoms with Crippen molar-refractivity contribution in [1.29, 1.82) is 0 Å². The molecule has 0 aliphatic heterocycles. The normalized spacial score (nSPS) is 15.6. The van der Waals surface area contributed by atoms with Crippen molar-refractivity contribution in [3.63, 3.8) is 0 Å². The predicted molar refractivity (Wildman–Crippen MR) is 70.0 cm³/mol. The Hall–Kier alpha value is -2.45. The van der Waals surface area contributed by atoms with Gasteiger partial charge in [0.05, 0.1) is 11.4 Å². The molecule has 114 valence electrons. The topological polar surface area (TPSA) is 60.9 Å². The number of alkyl halides is 3. The van der Waals surface area contributed by atoms with Crippen LogP contribution in [0.3, 0.4) is 0 Å². The van der Waals surface area contributed by atoms with E-state index in [9.17, 15) is 13.2 Å². The van der Waals surface area contributed by atoms with Gasteiger partial charge < -0.3 is 0 Å². The summed E-state index contributed by atoms with van der Waals surface area (Å²) >= 11 is 0. The fraction of sp³-hybridized carbons (Fsp3) is 0.385. The molecule has 0 radical (unpaired) electrons. The largest absolute Gasteiger partial charge is 0.435 e. The summed E-state index contributed by atoms with van der Waals surface area (Å²) in [7, 11) is 1.48. The Morgan fingerprint density at radius 3 is 2.59 bits per heavy atom. The molecule has 0 spiro atoms. The number of halogens is 3. The molecule has 0 aromatic carbocycles. The molecule has 1 aliphatic carbocycles. The minimum Gasteiger partial charge on any atom is -0.266 e. The number of aryl methyl sites for hydroxylation is 1. The summed E-state index contributed by atoms with van der Waals surface area (Å²) in [5, 5.41) is 7.60. The lowest BCUT2D eigenvalue weighted by molar-refractivity contribution is -0.141. The highest BCUT2D eigenvalue weighted by Gasteiger charge is 2.35. The summed E-state index contributed by atoms with van der Waals surface area (Å²) < 4.78 is 41.2. The zero-order valence-corrected chi connectivity index (χ0v) is 11.5. The van der Waals surface area contributed by atoms with Crippen LogP contribution in [-0.4, -0.2) is 29.4 Å². The van der Waals surface area contributed by atoms with Gasteiger partial charge in [0.15, 0.2) is 5.69 Å². The standard InChI is InChI=1S/C13H11F3N6/c1-21-9(5-11(20-21)13(14,15)16)10-4-8(7-2-3-7)19-12-17-6-18-22(10)12/h4-7H,2-3H2,1H3. The Kier molecular flexibility index (Phi) is 2.57. The number of hydrogen-bond donors (Lipinski definition) is 0. The molecule has 3 aromatic heterocycles. The first-order chi connectivity index (χ1) is 10.4. The Morgan fingerprint density at radius 2 is 1.95 bits per heavy atom. The first kappa shape index (κ1) is 13.2. The van der Waals surface area contributed by atoms with Crippen LogP contribution < -0.4 is 0 Å². The van der Waals surface area contributed by atoms with E-state index < -0.39 is 11.9 Å². The third-order valence-electron chi connectivity index (χ3n) is 3.70. The lowest BCUT2D eigenvalue weighted by Crippen LogP contribution is -2.06. The van der Waals surface area contributed by atoms with Crippen molar-refractivity contribution in [2.24, 2.45) is 7.05 Å². The summed E-state index contributed by atoms with van der Waals surface area (Å²) in [6, 6.07) is 2.80. The number of rotatable bonds is 2. The molecule has 0 saturated heterocycles. The maximum absolute atomic E-state index is 12.8. The van der Waals surface area contributed by atoms with Crippen molar-refractivity contribution in [1.82, 2.24) is 29.4 Å². The van der Waals surface area contributed by atoms with Crippen LogP contribution >= 0.6 is 0 Å². The average Bonchev–Trinajstić information content (AvgIpc) is 3.05. The fourth-order valence-electron chi connectivity index (χ4n) is 2.45. The van der Waals surface area contributed by atoms with Crippen molar-refractivity contribution < 1.29 is 13.2 Å². The molecule has 1 fully saturated rings. The predicted octanol–water partition coefficient (Wildman–Crippen LogP) is 2.42. The first-order valence-corrected chi connectivity index (χ1v) is 6.76. The molecule has 6 nitrogen and oxygen atoms in total. The Labute approximate surface area is 122 Å². The summed E-state index contributed by atoms with van der Waals surface area (Å²) in [6.45, 7) is 0. The first-order valence-electron chi connectivity index (χ1n) is 6.76. The van der Waals surface area contributed by atoms with Crippen LogP contribution in [0.4, 0.5) is 13.2 Å². The van der Waals surface area contributed by atoms with Crippen LogP contribution in [0.15, 0.2) is 18.5 Å². The zero-order valence-electron chi connectivity index (χ0n) is 11.5. The number of fused-ring (bicyclic) bond motifs is 1. The van der Waals surface area contributed by atoms with Gasteiger partial charge in [-0.05, 0) is 25.0 Å². The second kappa shape index (κ2) is 4.28. The smallest absolute Gasteiger partial charge is 0.266 e. The Morgan fingerprint density at radius 1 is 1.18 bits per heavy atom. The summed E-state index contributed by atoms with van der Waals surface area (Å²) in [5.41, 5.74) is 0.746. The monoisotopic (exact) mass is 308 g/mol. The van der Waals surface area contributed by atoms with Gasteiger partial charge in [0, 0.05) is 18.7 Å². The van der Waals surface area contributed by atoms with Crippen molar-refractivity contribution in [3.8, 4) is 11.4 Å². The molecule has 3 heterocycles. The van der Waals surface area contributed by atoms with Crippen LogP contribution in [0.25, 0.3) is 17.2 Å². The molecule has 1 saturated carbocycles. The number of hydrogen-bond acceptors (Lipinski definition) is 4. The Bertz CT molecular complexity index is 858. The lowest BCUT2D eigenvalue weighted by atomic mass is 10.2. The molecule has 0 amide bonds. The van der Waals surface area contributed by atoms with E-state index in [4.69, 9.17) is 0 Å². The SMILES string of the molecule is Cn1nc(C(F)(F)F)cc1-c1cc(C2CC2)nc2ncnn12. The van der Waals surface area contributed by atoms with E-state index in [1.54, 1.807) is 6.07 Å². The van der Waals surface area contributed by atoms with Crippen molar-refractivity contribution in [2.45, 2.75) is 24.9 Å². The number of nitrogens with zero attached hydrogens (tertiary/aromatic N) is 6. The summed E-state index contributed by atoms with van der Waals surface area (Å²) in [6.07, 6.45) is -1.07. The molecule has 1 aliphatic rings. The maximum atomic E-state index is 12.8. The summed E-state index contributed by atoms with van der Waals surface area (Å²) in [5.74, 6) is 0.741. The van der Waals surface area contributed by atoms with E-state index >= 15 is 0 Å². The molecule has 22 heavy (non-hydrogen) atoms. The maximum Gasteiger partial charge on any atom is 0.435 e. The molecule has 4 rings (SSSR count). The molecule has 9 heteroatoms. The molecule has 0 unspecified atom stereocenters. The van der Waals surface area contributed by atoms with Crippen LogP contribution in [-0.2, 0) is 13.2 Å². The van der Waals surface area contributed by atoms with Gasteiger partial charge in [-0.15, -0.1) is 0 Å². The van der Waals surface area contributed by atoms with Gasteiger partial charge in [-0.1, -0.05) is 0 Å². The van der Waals surface area contributed by atoms with Gasteiger partial charge in [0.1, 0.15) is 6.33 Å². The van der Waals surface area contributed by atoms with E-state index in [2.05, 4.69) is 20.2 Å². The minimum atomic E-state index is -4.48. The third kappa shape index (κ3) is 2.04. The van der Waals surface area contributed by atoms with Gasteiger partial charge in [-0.3, -0.25) is 4.68 Å². The average molecular weight is 308 g/mol. The van der Waals surface area contributed by atoms with Crippen molar-refractivity contribution in [2.75, 3.05) is 0 Å². The van der Waals surface area contributed by atoms with E-state index in [1.165, 1.54) is 22.6 Å². The van der Waals surface area contributed by atoms with Gasteiger partial charge in [0.25, 0.3) is 5.78 Å². The van der Waals surface area contributed by atoms with Crippen LogP contribution in [0, 0.1) is 0 Å². The van der Waals surface area contributed by atoms with Crippen molar-refractivity contribution in [3.05, 3.63) is 29.8 Å². The molecule has 0 bridgehead atoms. The zero-order chi connectivity index (χ0) is 15.5. The third-order valence-corrected chi connectivity index (χ3v) is 3.70. The minimum absolute atomic E-state index is 0.326. The second-order valence-corrected chi connectivity index (χ2v) is 5.35. The fourth-order valence-corrected chi connectivity index (χ4v) is 2.45. The van der Waals surface area contributed by atoms with E-state index in [-0.39, 0.29) is 0 Å². The van der Waals surface area contributed by atoms with Gasteiger partial charge in [0.2, 0.25) is 0 Å². The van der Waals surface area contributed by atoms with Crippen LogP contribution in [0.1, 0.15) is 30.1 Å². The second-order valence-electron chi connectivity index (χ2n) is 5.35. The Balaban J connectivity index is 1.93. The van der Waals surface area contributed by atoms with E-state index in [1.807, 2.05) is 0 Å². The van der Waals surface area contributed by atoms with E-state index in [0.717, 1.165) is 24.6 Å². The molecule has 0 N–H and O–H groups in total. The van der Waals surface area contributed by atoms with Crippen LogP contribution in [0.5, 0.6) is 0 Å². The lowest BCUT2D eigenvalue weighted by Gasteiger charge is -2.06. The highest BCUT2D eigenvalue weighted by Crippen LogP contribution is 2.40. The van der Waals surface area contributed by atoms with Gasteiger partial charge in [-0.2, -0.15) is 32.9 Å².